The number of nitrogens with zero attached hydrogens (tertiary/aromatic N) is 2. The molecule has 3 heterocycles. The molecule has 1 saturated heterocycles. The standard InChI is InChI=1S/C21H24BrN3OS/c1-15-5-4-6-16(11-15)13-25-18(12-19-20(25)17(22)14-27-19)21(26)23-7-10-24-8-2-3-9-24/h4-6,11-12,14H,2-3,7-10,13H2,1H3,(H,23,26). The highest BCUT2D eigenvalue weighted by Gasteiger charge is 2.19. The van der Waals surface area contributed by atoms with Gasteiger partial charge in [-0.3, -0.25) is 4.79 Å². The zero-order chi connectivity index (χ0) is 18.8. The van der Waals surface area contributed by atoms with Crippen molar-refractivity contribution >= 4 is 43.4 Å². The van der Waals surface area contributed by atoms with Crippen molar-refractivity contribution in [2.75, 3.05) is 26.2 Å². The molecule has 4 rings (SSSR count). The number of amides is 1. The van der Waals surface area contributed by atoms with Gasteiger partial charge in [0.15, 0.2) is 0 Å². The van der Waals surface area contributed by atoms with Gasteiger partial charge in [-0.1, -0.05) is 29.8 Å². The second-order valence-corrected chi connectivity index (χ2v) is 8.97. The maximum absolute atomic E-state index is 12.9. The lowest BCUT2D eigenvalue weighted by Gasteiger charge is -2.15. The number of aryl methyl sites for hydroxylation is 1. The fourth-order valence-electron chi connectivity index (χ4n) is 3.80. The summed E-state index contributed by atoms with van der Waals surface area (Å²) in [6, 6.07) is 10.5. The molecule has 0 atom stereocenters. The van der Waals surface area contributed by atoms with Crippen LogP contribution in [0.15, 0.2) is 40.2 Å². The van der Waals surface area contributed by atoms with Crippen LogP contribution in [0.1, 0.15) is 34.5 Å². The molecule has 27 heavy (non-hydrogen) atoms. The van der Waals surface area contributed by atoms with E-state index in [-0.39, 0.29) is 5.91 Å². The monoisotopic (exact) mass is 445 g/mol. The summed E-state index contributed by atoms with van der Waals surface area (Å²) >= 11 is 5.32. The van der Waals surface area contributed by atoms with E-state index in [0.29, 0.717) is 13.1 Å². The van der Waals surface area contributed by atoms with E-state index in [2.05, 4.69) is 67.3 Å². The van der Waals surface area contributed by atoms with Gasteiger partial charge in [0, 0.05) is 25.0 Å². The molecule has 1 aliphatic rings. The first-order valence-corrected chi connectivity index (χ1v) is 11.1. The SMILES string of the molecule is Cc1cccc(Cn2c(C(=O)NCCN3CCCC3)cc3scc(Br)c32)c1. The van der Waals surface area contributed by atoms with E-state index < -0.39 is 0 Å². The summed E-state index contributed by atoms with van der Waals surface area (Å²) < 4.78 is 4.32. The predicted molar refractivity (Wildman–Crippen MR) is 116 cm³/mol. The first-order valence-electron chi connectivity index (χ1n) is 9.44. The molecule has 4 nitrogen and oxygen atoms in total. The maximum Gasteiger partial charge on any atom is 0.268 e. The molecule has 142 valence electrons. The summed E-state index contributed by atoms with van der Waals surface area (Å²) in [6.45, 7) is 6.73. The molecular weight excluding hydrogens is 422 g/mol. The lowest BCUT2D eigenvalue weighted by atomic mass is 10.1. The highest BCUT2D eigenvalue weighted by molar-refractivity contribution is 9.10. The Kier molecular flexibility index (Phi) is 5.66. The summed E-state index contributed by atoms with van der Waals surface area (Å²) in [5.41, 5.74) is 4.28. The van der Waals surface area contributed by atoms with E-state index in [0.717, 1.165) is 40.0 Å². The number of likely N-dealkylation sites (tertiary alicyclic amines) is 1. The molecule has 0 saturated carbocycles. The number of halogens is 1. The lowest BCUT2D eigenvalue weighted by Crippen LogP contribution is -2.34. The van der Waals surface area contributed by atoms with Crippen molar-refractivity contribution in [1.29, 1.82) is 0 Å². The van der Waals surface area contributed by atoms with Gasteiger partial charge < -0.3 is 14.8 Å². The van der Waals surface area contributed by atoms with Crippen molar-refractivity contribution in [2.24, 2.45) is 0 Å². The van der Waals surface area contributed by atoms with Crippen LogP contribution in [0, 0.1) is 6.92 Å². The molecule has 3 aromatic rings. The van der Waals surface area contributed by atoms with Gasteiger partial charge in [-0.2, -0.15) is 0 Å². The molecule has 1 aliphatic heterocycles. The molecule has 0 radical (unpaired) electrons. The number of hydrogen-bond acceptors (Lipinski definition) is 3. The molecule has 0 aliphatic carbocycles. The third-order valence-corrected chi connectivity index (χ3v) is 6.97. The largest absolute Gasteiger partial charge is 0.349 e. The van der Waals surface area contributed by atoms with Gasteiger partial charge in [0.05, 0.1) is 14.7 Å². The molecule has 0 spiro atoms. The van der Waals surface area contributed by atoms with Gasteiger partial charge in [0.1, 0.15) is 5.69 Å². The average Bonchev–Trinajstić information content (AvgIpc) is 3.35. The number of nitrogens with one attached hydrogen (secondary N) is 1. The third kappa shape index (κ3) is 4.13. The minimum Gasteiger partial charge on any atom is -0.349 e. The van der Waals surface area contributed by atoms with E-state index in [1.807, 2.05) is 6.07 Å². The van der Waals surface area contributed by atoms with Crippen LogP contribution in [0.2, 0.25) is 0 Å². The predicted octanol–water partition coefficient (Wildman–Crippen LogP) is 4.65. The molecule has 0 bridgehead atoms. The van der Waals surface area contributed by atoms with Crippen molar-refractivity contribution < 1.29 is 4.79 Å². The molecular formula is C21H24BrN3OS. The van der Waals surface area contributed by atoms with Crippen LogP contribution in [-0.4, -0.2) is 41.6 Å². The van der Waals surface area contributed by atoms with Crippen molar-refractivity contribution in [3.8, 4) is 0 Å². The fraction of sp³-hybridized carbons (Fsp3) is 0.381. The smallest absolute Gasteiger partial charge is 0.268 e. The second kappa shape index (κ2) is 8.17. The van der Waals surface area contributed by atoms with E-state index in [9.17, 15) is 4.79 Å². The lowest BCUT2D eigenvalue weighted by molar-refractivity contribution is 0.0941. The Hall–Kier alpha value is -1.63. The molecule has 6 heteroatoms. The van der Waals surface area contributed by atoms with E-state index in [1.165, 1.54) is 24.0 Å². The van der Waals surface area contributed by atoms with Crippen LogP contribution in [0.4, 0.5) is 0 Å². The minimum absolute atomic E-state index is 0.0112. The molecule has 0 unspecified atom stereocenters. The van der Waals surface area contributed by atoms with Crippen LogP contribution in [0.5, 0.6) is 0 Å². The number of aromatic nitrogens is 1. The van der Waals surface area contributed by atoms with Crippen LogP contribution in [0.3, 0.4) is 0 Å². The summed E-state index contributed by atoms with van der Waals surface area (Å²) in [7, 11) is 0. The Morgan fingerprint density at radius 2 is 2.07 bits per heavy atom. The molecule has 1 amide bonds. The Balaban J connectivity index is 1.56. The second-order valence-electron chi connectivity index (χ2n) is 7.21. The van der Waals surface area contributed by atoms with Crippen LogP contribution >= 0.6 is 27.3 Å². The first-order chi connectivity index (χ1) is 13.1. The number of carbonyl (C=O) groups is 1. The average molecular weight is 446 g/mol. The van der Waals surface area contributed by atoms with Crippen molar-refractivity contribution in [3.63, 3.8) is 0 Å². The van der Waals surface area contributed by atoms with E-state index >= 15 is 0 Å². The van der Waals surface area contributed by atoms with Gasteiger partial charge in [0.25, 0.3) is 5.91 Å². The van der Waals surface area contributed by atoms with Gasteiger partial charge >= 0.3 is 0 Å². The quantitative estimate of drug-likeness (QED) is 0.599. The number of hydrogen-bond donors (Lipinski definition) is 1. The molecule has 1 fully saturated rings. The van der Waals surface area contributed by atoms with Crippen LogP contribution in [-0.2, 0) is 6.54 Å². The Morgan fingerprint density at radius 3 is 2.85 bits per heavy atom. The Bertz CT molecular complexity index is 956. The molecule has 1 N–H and O–H groups in total. The zero-order valence-electron chi connectivity index (χ0n) is 15.5. The summed E-state index contributed by atoms with van der Waals surface area (Å²) in [5, 5.41) is 5.21. The maximum atomic E-state index is 12.9. The summed E-state index contributed by atoms with van der Waals surface area (Å²) in [5.74, 6) is 0.0112. The van der Waals surface area contributed by atoms with Crippen molar-refractivity contribution in [2.45, 2.75) is 26.3 Å². The summed E-state index contributed by atoms with van der Waals surface area (Å²) in [4.78, 5) is 15.3. The van der Waals surface area contributed by atoms with Gasteiger partial charge in [-0.05, 0) is 60.4 Å². The Morgan fingerprint density at radius 1 is 1.26 bits per heavy atom. The van der Waals surface area contributed by atoms with Gasteiger partial charge in [0.2, 0.25) is 0 Å². The number of thiophene rings is 1. The fourth-order valence-corrected chi connectivity index (χ4v) is 5.49. The number of rotatable bonds is 6. The minimum atomic E-state index is 0.0112. The summed E-state index contributed by atoms with van der Waals surface area (Å²) in [6.07, 6.45) is 2.55. The van der Waals surface area contributed by atoms with Gasteiger partial charge in [-0.25, -0.2) is 0 Å². The van der Waals surface area contributed by atoms with Crippen molar-refractivity contribution in [3.05, 3.63) is 57.0 Å². The van der Waals surface area contributed by atoms with Gasteiger partial charge in [-0.15, -0.1) is 11.3 Å². The highest BCUT2D eigenvalue weighted by atomic mass is 79.9. The topological polar surface area (TPSA) is 37.3 Å². The van der Waals surface area contributed by atoms with Crippen LogP contribution in [0.25, 0.3) is 10.2 Å². The number of carbonyl (C=O) groups excluding carboxylic acids is 1. The molecule has 1 aromatic carbocycles. The number of fused-ring (bicyclic) bond motifs is 1. The highest BCUT2D eigenvalue weighted by Crippen LogP contribution is 2.33. The zero-order valence-corrected chi connectivity index (χ0v) is 17.9. The van der Waals surface area contributed by atoms with Crippen molar-refractivity contribution in [1.82, 2.24) is 14.8 Å². The first kappa shape index (κ1) is 18.7. The van der Waals surface area contributed by atoms with E-state index in [4.69, 9.17) is 0 Å². The Labute approximate surface area is 172 Å². The molecule has 2 aromatic heterocycles. The normalized spacial score (nSPS) is 14.9. The van der Waals surface area contributed by atoms with Crippen LogP contribution < -0.4 is 5.32 Å². The third-order valence-electron chi connectivity index (χ3n) is 5.15. The van der Waals surface area contributed by atoms with E-state index in [1.54, 1.807) is 11.3 Å². The number of benzene rings is 1.